The maximum atomic E-state index is 13.5. The van der Waals surface area contributed by atoms with Gasteiger partial charge in [0.25, 0.3) is 5.91 Å². The molecule has 0 radical (unpaired) electrons. The van der Waals surface area contributed by atoms with E-state index in [1.165, 1.54) is 0 Å². The molecule has 166 valence electrons. The van der Waals surface area contributed by atoms with E-state index in [0.29, 0.717) is 29.4 Å². The fourth-order valence-electron chi connectivity index (χ4n) is 4.29. The summed E-state index contributed by atoms with van der Waals surface area (Å²) in [7, 11) is 5.01. The van der Waals surface area contributed by atoms with E-state index in [1.807, 2.05) is 47.4 Å². The number of aromatic nitrogens is 3. The van der Waals surface area contributed by atoms with E-state index in [-0.39, 0.29) is 5.91 Å². The van der Waals surface area contributed by atoms with Gasteiger partial charge in [-0.1, -0.05) is 6.07 Å². The third-order valence-corrected chi connectivity index (χ3v) is 6.02. The molecule has 0 saturated carbocycles. The van der Waals surface area contributed by atoms with Gasteiger partial charge in [-0.2, -0.15) is 5.10 Å². The molecule has 1 aliphatic heterocycles. The number of aryl methyl sites for hydroxylation is 1. The van der Waals surface area contributed by atoms with Crippen molar-refractivity contribution >= 4 is 11.6 Å². The second-order valence-corrected chi connectivity index (χ2v) is 7.89. The first-order valence-corrected chi connectivity index (χ1v) is 10.7. The normalized spacial score (nSPS) is 12.5. The van der Waals surface area contributed by atoms with Crippen molar-refractivity contribution in [3.05, 3.63) is 78.2 Å². The molecule has 0 fully saturated rings. The van der Waals surface area contributed by atoms with Crippen molar-refractivity contribution in [2.24, 2.45) is 7.05 Å². The Balaban J connectivity index is 1.46. The summed E-state index contributed by atoms with van der Waals surface area (Å²) in [5, 5.41) is 4.59. The predicted octanol–water partition coefficient (Wildman–Crippen LogP) is 4.37. The number of hydrogen-bond acceptors (Lipinski definition) is 5. The van der Waals surface area contributed by atoms with Gasteiger partial charge in [-0.3, -0.25) is 14.5 Å². The topological polar surface area (TPSA) is 69.5 Å². The standard InChI is InChI=1S/C26H24N4O3/c1-29-24(16-22(28-29)21-15-20(32-2)5-7-25(21)33-3)26(31)30-13-10-19-14-18(4-6-23(19)30)17-8-11-27-12-9-17/h4-9,11-12,14-16H,10,13H2,1-3H3. The Morgan fingerprint density at radius 1 is 0.939 bits per heavy atom. The molecule has 0 unspecified atom stereocenters. The molecule has 1 aliphatic rings. The summed E-state index contributed by atoms with van der Waals surface area (Å²) in [5.74, 6) is 1.29. The molecule has 4 aromatic rings. The van der Waals surface area contributed by atoms with Gasteiger partial charge in [0.1, 0.15) is 17.2 Å². The van der Waals surface area contributed by atoms with Gasteiger partial charge in [0.15, 0.2) is 0 Å². The van der Waals surface area contributed by atoms with Gasteiger partial charge in [0.05, 0.1) is 19.9 Å². The molecule has 0 aliphatic carbocycles. The van der Waals surface area contributed by atoms with Crippen molar-refractivity contribution in [1.29, 1.82) is 0 Å². The van der Waals surface area contributed by atoms with Crippen LogP contribution < -0.4 is 14.4 Å². The van der Waals surface area contributed by atoms with E-state index in [0.717, 1.165) is 34.4 Å². The Kier molecular flexibility index (Phi) is 5.30. The molecule has 0 bridgehead atoms. The molecule has 0 atom stereocenters. The number of rotatable bonds is 5. The highest BCUT2D eigenvalue weighted by atomic mass is 16.5. The largest absolute Gasteiger partial charge is 0.497 e. The van der Waals surface area contributed by atoms with Gasteiger partial charge in [-0.25, -0.2) is 0 Å². The summed E-state index contributed by atoms with van der Waals surface area (Å²) >= 11 is 0. The van der Waals surface area contributed by atoms with Crippen LogP contribution in [0.2, 0.25) is 0 Å². The smallest absolute Gasteiger partial charge is 0.276 e. The van der Waals surface area contributed by atoms with E-state index in [9.17, 15) is 4.79 Å². The summed E-state index contributed by atoms with van der Waals surface area (Å²) in [5.41, 5.74) is 6.29. The number of nitrogens with zero attached hydrogens (tertiary/aromatic N) is 4. The summed E-state index contributed by atoms with van der Waals surface area (Å²) in [6, 6.07) is 17.6. The van der Waals surface area contributed by atoms with Crippen molar-refractivity contribution in [3.8, 4) is 33.9 Å². The fraction of sp³-hybridized carbons (Fsp3) is 0.192. The van der Waals surface area contributed by atoms with E-state index >= 15 is 0 Å². The van der Waals surface area contributed by atoms with Crippen LogP contribution >= 0.6 is 0 Å². The third kappa shape index (κ3) is 3.71. The van der Waals surface area contributed by atoms with Crippen LogP contribution in [-0.2, 0) is 13.5 Å². The second-order valence-electron chi connectivity index (χ2n) is 7.89. The molecule has 0 N–H and O–H groups in total. The Morgan fingerprint density at radius 2 is 1.76 bits per heavy atom. The fourth-order valence-corrected chi connectivity index (χ4v) is 4.29. The van der Waals surface area contributed by atoms with Crippen molar-refractivity contribution in [3.63, 3.8) is 0 Å². The SMILES string of the molecule is COc1ccc(OC)c(-c2cc(C(=O)N3CCc4cc(-c5ccncc5)ccc43)n(C)n2)c1. The number of benzene rings is 2. The number of methoxy groups -OCH3 is 2. The zero-order valence-corrected chi connectivity index (χ0v) is 18.8. The van der Waals surface area contributed by atoms with Crippen LogP contribution in [0, 0.1) is 0 Å². The van der Waals surface area contributed by atoms with Crippen LogP contribution in [0.1, 0.15) is 16.1 Å². The number of ether oxygens (including phenoxy) is 2. The lowest BCUT2D eigenvalue weighted by Gasteiger charge is -2.17. The Bertz CT molecular complexity index is 1330. The molecule has 33 heavy (non-hydrogen) atoms. The molecule has 5 rings (SSSR count). The number of amides is 1. The third-order valence-electron chi connectivity index (χ3n) is 6.02. The van der Waals surface area contributed by atoms with E-state index in [1.54, 1.807) is 38.3 Å². The highest BCUT2D eigenvalue weighted by Gasteiger charge is 2.28. The second kappa shape index (κ2) is 8.43. The molecule has 2 aromatic heterocycles. The van der Waals surface area contributed by atoms with E-state index in [2.05, 4.69) is 22.2 Å². The van der Waals surface area contributed by atoms with Crippen LogP contribution in [0.15, 0.2) is 67.0 Å². The average molecular weight is 441 g/mol. The van der Waals surface area contributed by atoms with Crippen molar-refractivity contribution in [2.45, 2.75) is 6.42 Å². The van der Waals surface area contributed by atoms with E-state index in [4.69, 9.17) is 9.47 Å². The van der Waals surface area contributed by atoms with Gasteiger partial charge < -0.3 is 14.4 Å². The first-order chi connectivity index (χ1) is 16.1. The van der Waals surface area contributed by atoms with Crippen LogP contribution in [0.25, 0.3) is 22.4 Å². The van der Waals surface area contributed by atoms with Crippen LogP contribution in [0.3, 0.4) is 0 Å². The predicted molar refractivity (Wildman–Crippen MR) is 127 cm³/mol. The minimum atomic E-state index is -0.0754. The maximum Gasteiger partial charge on any atom is 0.276 e. The molecule has 1 amide bonds. The van der Waals surface area contributed by atoms with Gasteiger partial charge >= 0.3 is 0 Å². The highest BCUT2D eigenvalue weighted by molar-refractivity contribution is 6.07. The molecule has 7 nitrogen and oxygen atoms in total. The number of carbonyl (C=O) groups excluding carboxylic acids is 1. The number of fused-ring (bicyclic) bond motifs is 1. The highest BCUT2D eigenvalue weighted by Crippen LogP contribution is 2.35. The zero-order valence-electron chi connectivity index (χ0n) is 18.8. The maximum absolute atomic E-state index is 13.5. The molecule has 3 heterocycles. The lowest BCUT2D eigenvalue weighted by atomic mass is 10.0. The first-order valence-electron chi connectivity index (χ1n) is 10.7. The zero-order chi connectivity index (χ0) is 22.9. The molecule has 0 spiro atoms. The van der Waals surface area contributed by atoms with Gasteiger partial charge in [-0.05, 0) is 71.6 Å². The van der Waals surface area contributed by atoms with Crippen LogP contribution in [0.4, 0.5) is 5.69 Å². The van der Waals surface area contributed by atoms with Crippen LogP contribution in [-0.4, -0.2) is 41.4 Å². The molecule has 2 aromatic carbocycles. The van der Waals surface area contributed by atoms with Gasteiger partial charge in [-0.15, -0.1) is 0 Å². The van der Waals surface area contributed by atoms with Gasteiger partial charge in [0.2, 0.25) is 0 Å². The van der Waals surface area contributed by atoms with Crippen molar-refractivity contribution in [1.82, 2.24) is 14.8 Å². The number of pyridine rings is 1. The van der Waals surface area contributed by atoms with Crippen molar-refractivity contribution < 1.29 is 14.3 Å². The summed E-state index contributed by atoms with van der Waals surface area (Å²) in [4.78, 5) is 19.4. The molecular weight excluding hydrogens is 416 g/mol. The Morgan fingerprint density at radius 3 is 2.52 bits per heavy atom. The quantitative estimate of drug-likeness (QED) is 0.461. The molecule has 0 saturated heterocycles. The monoisotopic (exact) mass is 440 g/mol. The van der Waals surface area contributed by atoms with Crippen molar-refractivity contribution in [2.75, 3.05) is 25.7 Å². The number of anilines is 1. The number of carbonyl (C=O) groups is 1. The van der Waals surface area contributed by atoms with E-state index < -0.39 is 0 Å². The lowest BCUT2D eigenvalue weighted by Crippen LogP contribution is -2.30. The molecular formula is C26H24N4O3. The first kappa shape index (κ1) is 20.8. The van der Waals surface area contributed by atoms with Crippen LogP contribution in [0.5, 0.6) is 11.5 Å². The average Bonchev–Trinajstić information content (AvgIpc) is 3.47. The number of hydrogen-bond donors (Lipinski definition) is 0. The minimum absolute atomic E-state index is 0.0754. The lowest BCUT2D eigenvalue weighted by molar-refractivity contribution is 0.0980. The summed E-state index contributed by atoms with van der Waals surface area (Å²) in [6.07, 6.45) is 4.39. The Labute approximate surface area is 192 Å². The Hall–Kier alpha value is -4.13. The summed E-state index contributed by atoms with van der Waals surface area (Å²) < 4.78 is 12.5. The minimum Gasteiger partial charge on any atom is -0.497 e. The summed E-state index contributed by atoms with van der Waals surface area (Å²) in [6.45, 7) is 0.636. The molecule has 7 heteroatoms. The van der Waals surface area contributed by atoms with Gasteiger partial charge in [0, 0.05) is 37.2 Å².